The molecule has 2 aromatic carbocycles. The van der Waals surface area contributed by atoms with E-state index in [1.54, 1.807) is 45.0 Å². The van der Waals surface area contributed by atoms with Gasteiger partial charge in [-0.25, -0.2) is 13.2 Å². The first-order valence-corrected chi connectivity index (χ1v) is 9.66. The van der Waals surface area contributed by atoms with E-state index >= 15 is 0 Å². The van der Waals surface area contributed by atoms with Crippen LogP contribution >= 0.6 is 11.8 Å². The van der Waals surface area contributed by atoms with Gasteiger partial charge >= 0.3 is 0 Å². The first kappa shape index (κ1) is 23.6. The van der Waals surface area contributed by atoms with Crippen LogP contribution in [-0.4, -0.2) is 28.9 Å². The summed E-state index contributed by atoms with van der Waals surface area (Å²) in [6.07, 6.45) is -1.93. The summed E-state index contributed by atoms with van der Waals surface area (Å²) in [5, 5.41) is 7.40. The average Bonchev–Trinajstić information content (AvgIpc) is 2.69. The minimum Gasteiger partial charge on any atom is -0.488 e. The zero-order valence-corrected chi connectivity index (χ0v) is 17.7. The summed E-state index contributed by atoms with van der Waals surface area (Å²) in [6, 6.07) is 8.70. The molecule has 1 amide bonds. The number of halogens is 3. The van der Waals surface area contributed by atoms with Gasteiger partial charge in [0.1, 0.15) is 11.7 Å². The lowest BCUT2D eigenvalue weighted by atomic mass is 10.1. The molecule has 0 radical (unpaired) electrons. The van der Waals surface area contributed by atoms with Crippen molar-refractivity contribution in [3.05, 3.63) is 64.7 Å². The fourth-order valence-electron chi connectivity index (χ4n) is 2.73. The lowest BCUT2D eigenvalue weighted by molar-refractivity contribution is -0.139. The summed E-state index contributed by atoms with van der Waals surface area (Å²) in [4.78, 5) is 12.9. The third-order valence-electron chi connectivity index (χ3n) is 4.10. The van der Waals surface area contributed by atoms with E-state index in [2.05, 4.69) is 0 Å². The predicted molar refractivity (Wildman–Crippen MR) is 110 cm³/mol. The normalized spacial score (nSPS) is 12.0. The maximum absolute atomic E-state index is 14.9. The van der Waals surface area contributed by atoms with Crippen LogP contribution in [0.1, 0.15) is 43.6 Å². The Labute approximate surface area is 179 Å². The third-order valence-corrected chi connectivity index (χ3v) is 4.39. The zero-order valence-electron chi connectivity index (χ0n) is 16.9. The number of nitrogens with zero attached hydrogens (tertiary/aromatic N) is 1. The summed E-state index contributed by atoms with van der Waals surface area (Å²) < 4.78 is 41.0. The Morgan fingerprint density at radius 1 is 1.20 bits per heavy atom. The molecule has 0 aliphatic rings. The molecule has 0 aliphatic heterocycles. The van der Waals surface area contributed by atoms with Crippen molar-refractivity contribution in [1.29, 1.82) is 5.41 Å². The Hall–Kier alpha value is -2.71. The van der Waals surface area contributed by atoms with Crippen LogP contribution in [0, 0.1) is 17.0 Å². The number of hydrogen-bond acceptors (Lipinski definition) is 4. The maximum Gasteiger partial charge on any atom is 0.271 e. The molecule has 9 heteroatoms. The summed E-state index contributed by atoms with van der Waals surface area (Å²) >= 11 is 6.14. The molecule has 0 heterocycles. The SMILES string of the molecule is CCOC(C(=O)N(Cl)Cc1ccc(C(=N)N)cc1)c1c(F)ccc(OC(C)C)c1F. The van der Waals surface area contributed by atoms with Gasteiger partial charge in [-0.3, -0.25) is 10.2 Å². The highest BCUT2D eigenvalue weighted by molar-refractivity contribution is 6.21. The highest BCUT2D eigenvalue weighted by Gasteiger charge is 2.33. The van der Waals surface area contributed by atoms with E-state index in [0.29, 0.717) is 11.1 Å². The number of carbonyl (C=O) groups excluding carboxylic acids is 1. The van der Waals surface area contributed by atoms with Crippen molar-refractivity contribution >= 4 is 23.5 Å². The number of ether oxygens (including phenoxy) is 2. The third kappa shape index (κ3) is 5.67. The van der Waals surface area contributed by atoms with Gasteiger partial charge < -0.3 is 15.2 Å². The molecule has 0 saturated heterocycles. The van der Waals surface area contributed by atoms with Gasteiger partial charge in [0, 0.05) is 23.9 Å². The largest absolute Gasteiger partial charge is 0.488 e. The molecule has 1 unspecified atom stereocenters. The van der Waals surface area contributed by atoms with Gasteiger partial charge in [-0.15, -0.1) is 0 Å². The Bertz CT molecular complexity index is 907. The summed E-state index contributed by atoms with van der Waals surface area (Å²) in [5.41, 5.74) is 6.01. The first-order chi connectivity index (χ1) is 14.1. The van der Waals surface area contributed by atoms with Gasteiger partial charge in [-0.1, -0.05) is 24.3 Å². The standard InChI is InChI=1S/C21H24ClF2N3O3/c1-4-29-19(17-15(23)9-10-16(18(17)24)30-12(2)3)21(28)27(22)11-13-5-7-14(8-6-13)20(25)26/h5-10,12,19H,4,11H2,1-3H3,(H3,25,26). The molecule has 162 valence electrons. The van der Waals surface area contributed by atoms with Crippen LogP contribution in [0.2, 0.25) is 0 Å². The predicted octanol–water partition coefficient (Wildman–Crippen LogP) is 4.30. The molecule has 0 aliphatic carbocycles. The highest BCUT2D eigenvalue weighted by atomic mass is 35.5. The molecule has 2 rings (SSSR count). The van der Waals surface area contributed by atoms with Gasteiger partial charge in [0.15, 0.2) is 17.7 Å². The molecule has 3 N–H and O–H groups in total. The lowest BCUT2D eigenvalue weighted by Gasteiger charge is -2.23. The number of nitrogen functional groups attached to an aromatic ring is 1. The smallest absolute Gasteiger partial charge is 0.271 e. The molecule has 0 aromatic heterocycles. The van der Waals surface area contributed by atoms with Crippen molar-refractivity contribution in [1.82, 2.24) is 4.42 Å². The van der Waals surface area contributed by atoms with Crippen LogP contribution in [0.4, 0.5) is 8.78 Å². The van der Waals surface area contributed by atoms with E-state index in [0.717, 1.165) is 16.6 Å². The molecule has 30 heavy (non-hydrogen) atoms. The second kappa shape index (κ2) is 10.4. The van der Waals surface area contributed by atoms with Crippen molar-refractivity contribution in [3.63, 3.8) is 0 Å². The van der Waals surface area contributed by atoms with E-state index in [1.807, 2.05) is 0 Å². The minimum atomic E-state index is -1.58. The number of benzene rings is 2. The van der Waals surface area contributed by atoms with Crippen molar-refractivity contribution in [2.45, 2.75) is 39.5 Å². The molecular formula is C21H24ClF2N3O3. The van der Waals surface area contributed by atoms with Gasteiger partial charge in [0.05, 0.1) is 18.2 Å². The summed E-state index contributed by atoms with van der Waals surface area (Å²) in [7, 11) is 0. The lowest BCUT2D eigenvalue weighted by Crippen LogP contribution is -2.30. The van der Waals surface area contributed by atoms with Gasteiger partial charge in [0.25, 0.3) is 5.91 Å². The number of rotatable bonds is 9. The van der Waals surface area contributed by atoms with Crippen molar-refractivity contribution < 1.29 is 23.0 Å². The number of amides is 1. The molecular weight excluding hydrogens is 416 g/mol. The number of nitrogens with two attached hydrogens (primary N) is 1. The van der Waals surface area contributed by atoms with E-state index in [4.69, 9.17) is 32.4 Å². The molecule has 0 saturated carbocycles. The molecule has 0 spiro atoms. The topological polar surface area (TPSA) is 88.6 Å². The highest BCUT2D eigenvalue weighted by Crippen LogP contribution is 2.32. The molecule has 1 atom stereocenters. The Morgan fingerprint density at radius 3 is 2.37 bits per heavy atom. The Morgan fingerprint density at radius 2 is 1.83 bits per heavy atom. The average molecular weight is 440 g/mol. The van der Waals surface area contributed by atoms with Crippen LogP contribution < -0.4 is 10.5 Å². The molecule has 0 fully saturated rings. The van der Waals surface area contributed by atoms with Crippen LogP contribution in [-0.2, 0) is 16.1 Å². The van der Waals surface area contributed by atoms with E-state index in [1.165, 1.54) is 0 Å². The zero-order chi connectivity index (χ0) is 22.4. The van der Waals surface area contributed by atoms with Crippen molar-refractivity contribution in [2.24, 2.45) is 5.73 Å². The second-order valence-corrected chi connectivity index (χ2v) is 7.15. The quantitative estimate of drug-likeness (QED) is 0.346. The van der Waals surface area contributed by atoms with Gasteiger partial charge in [-0.2, -0.15) is 0 Å². The monoisotopic (exact) mass is 439 g/mol. The number of amidine groups is 1. The molecule has 0 bridgehead atoms. The first-order valence-electron chi connectivity index (χ1n) is 9.32. The number of hydrogen-bond donors (Lipinski definition) is 2. The fraction of sp³-hybridized carbons (Fsp3) is 0.333. The van der Waals surface area contributed by atoms with Crippen molar-refractivity contribution in [2.75, 3.05) is 6.61 Å². The van der Waals surface area contributed by atoms with Crippen LogP contribution in [0.3, 0.4) is 0 Å². The van der Waals surface area contributed by atoms with E-state index < -0.39 is 29.2 Å². The second-order valence-electron chi connectivity index (χ2n) is 6.74. The molecule has 2 aromatic rings. The van der Waals surface area contributed by atoms with E-state index in [9.17, 15) is 13.6 Å². The Balaban J connectivity index is 2.30. The van der Waals surface area contributed by atoms with Crippen LogP contribution in [0.5, 0.6) is 5.75 Å². The fourth-order valence-corrected chi connectivity index (χ4v) is 2.96. The summed E-state index contributed by atoms with van der Waals surface area (Å²) in [5.74, 6) is -3.04. The maximum atomic E-state index is 14.9. The van der Waals surface area contributed by atoms with E-state index in [-0.39, 0.29) is 30.8 Å². The summed E-state index contributed by atoms with van der Waals surface area (Å²) in [6.45, 7) is 4.98. The minimum absolute atomic E-state index is 0.0303. The Kier molecular flexibility index (Phi) is 8.14. The van der Waals surface area contributed by atoms with Crippen LogP contribution in [0.15, 0.2) is 36.4 Å². The van der Waals surface area contributed by atoms with Crippen LogP contribution in [0.25, 0.3) is 0 Å². The van der Waals surface area contributed by atoms with Crippen molar-refractivity contribution in [3.8, 4) is 5.75 Å². The number of carbonyl (C=O) groups is 1. The molecule has 6 nitrogen and oxygen atoms in total. The van der Waals surface area contributed by atoms with Gasteiger partial charge in [-0.05, 0) is 38.5 Å². The van der Waals surface area contributed by atoms with Gasteiger partial charge in [0.2, 0.25) is 0 Å². The number of nitrogens with one attached hydrogen (secondary N) is 1.